The Balaban J connectivity index is 1.10. The average Bonchev–Trinajstić information content (AvgIpc) is 3.20. The van der Waals surface area contributed by atoms with Crippen LogP contribution in [0, 0.1) is 5.41 Å². The lowest BCUT2D eigenvalue weighted by Gasteiger charge is -2.71. The van der Waals surface area contributed by atoms with Gasteiger partial charge in [0.05, 0.1) is 18.0 Å². The van der Waals surface area contributed by atoms with E-state index in [4.69, 9.17) is 27.9 Å². The molecule has 0 unspecified atom stereocenters. The first-order valence-electron chi connectivity index (χ1n) is 10.8. The number of fused-ring (bicyclic) bond motifs is 1. The van der Waals surface area contributed by atoms with Crippen LogP contribution in [0.5, 0.6) is 5.75 Å². The van der Waals surface area contributed by atoms with E-state index in [-0.39, 0.29) is 23.0 Å². The van der Waals surface area contributed by atoms with E-state index >= 15 is 0 Å². The minimum Gasteiger partial charge on any atom is -0.482 e. The Morgan fingerprint density at radius 3 is 2.59 bits per heavy atom. The molecule has 7 heteroatoms. The van der Waals surface area contributed by atoms with Crippen LogP contribution in [-0.4, -0.2) is 26.8 Å². The standard InChI is InChI=1S/C25H22Cl2N2O3/c26-16-1-4-18(5-2-16)29-11-15(10-28-29)25-12-24(13-25,14-25)9-21(31)23-8-20(30)19-7-17(27)3-6-22(19)32-23/h1-7,10-11,20,23,30H,8-9,12-14H2/t20-,23-,24?,25?/m1/s1. The molecule has 0 radical (unpaired) electrons. The molecule has 0 amide bonds. The van der Waals surface area contributed by atoms with Gasteiger partial charge >= 0.3 is 0 Å². The van der Waals surface area contributed by atoms with E-state index in [2.05, 4.69) is 11.3 Å². The fourth-order valence-electron chi connectivity index (χ4n) is 5.92. The molecule has 3 aliphatic carbocycles. The monoisotopic (exact) mass is 468 g/mol. The van der Waals surface area contributed by atoms with Crippen LogP contribution in [0.2, 0.25) is 10.0 Å². The fourth-order valence-corrected chi connectivity index (χ4v) is 6.23. The average molecular weight is 469 g/mol. The highest BCUT2D eigenvalue weighted by molar-refractivity contribution is 6.30. The fraction of sp³-hybridized carbons (Fsp3) is 0.360. The van der Waals surface area contributed by atoms with Gasteiger partial charge in [0.1, 0.15) is 5.75 Å². The molecule has 5 nitrogen and oxygen atoms in total. The van der Waals surface area contributed by atoms with E-state index in [9.17, 15) is 9.90 Å². The van der Waals surface area contributed by atoms with E-state index in [1.165, 1.54) is 5.56 Å². The summed E-state index contributed by atoms with van der Waals surface area (Å²) >= 11 is 12.0. The molecular formula is C25H22Cl2N2O3. The molecule has 2 bridgehead atoms. The molecule has 1 N–H and O–H groups in total. The molecule has 2 atom stereocenters. The van der Waals surface area contributed by atoms with E-state index < -0.39 is 12.2 Å². The minimum absolute atomic E-state index is 0.0635. The van der Waals surface area contributed by atoms with Crippen LogP contribution in [0.25, 0.3) is 5.69 Å². The summed E-state index contributed by atoms with van der Waals surface area (Å²) in [7, 11) is 0. The molecule has 164 valence electrons. The number of halogens is 2. The van der Waals surface area contributed by atoms with Gasteiger partial charge in [-0.1, -0.05) is 23.2 Å². The van der Waals surface area contributed by atoms with Crippen molar-refractivity contribution in [2.24, 2.45) is 5.41 Å². The molecule has 3 saturated carbocycles. The summed E-state index contributed by atoms with van der Waals surface area (Å²) in [5.74, 6) is 0.630. The van der Waals surface area contributed by atoms with Crippen LogP contribution >= 0.6 is 23.2 Å². The Morgan fingerprint density at radius 1 is 1.12 bits per heavy atom. The van der Waals surface area contributed by atoms with Crippen molar-refractivity contribution in [1.29, 1.82) is 0 Å². The zero-order chi connectivity index (χ0) is 22.1. The Labute approximate surface area is 195 Å². The maximum absolute atomic E-state index is 13.0. The quantitative estimate of drug-likeness (QED) is 0.540. The van der Waals surface area contributed by atoms with Gasteiger partial charge in [0.25, 0.3) is 0 Å². The summed E-state index contributed by atoms with van der Waals surface area (Å²) in [6.07, 6.45) is 6.49. The third-order valence-electron chi connectivity index (χ3n) is 7.37. The van der Waals surface area contributed by atoms with Crippen LogP contribution in [-0.2, 0) is 10.2 Å². The van der Waals surface area contributed by atoms with E-state index in [0.717, 1.165) is 24.9 Å². The van der Waals surface area contributed by atoms with Gasteiger partial charge in [-0.25, -0.2) is 4.68 Å². The number of carbonyl (C=O) groups is 1. The molecule has 3 fully saturated rings. The van der Waals surface area contributed by atoms with Crippen molar-refractivity contribution in [2.45, 2.75) is 49.7 Å². The van der Waals surface area contributed by atoms with Crippen LogP contribution < -0.4 is 4.74 Å². The second kappa shape index (κ2) is 7.08. The molecule has 1 aromatic heterocycles. The summed E-state index contributed by atoms with van der Waals surface area (Å²) in [5, 5.41) is 16.3. The number of rotatable bonds is 5. The Bertz CT molecular complexity index is 1200. The number of hydrogen-bond donors (Lipinski definition) is 1. The van der Waals surface area contributed by atoms with Gasteiger partial charge in [0, 0.05) is 40.1 Å². The predicted molar refractivity (Wildman–Crippen MR) is 122 cm³/mol. The number of benzene rings is 2. The van der Waals surface area contributed by atoms with Gasteiger partial charge in [-0.2, -0.15) is 5.10 Å². The summed E-state index contributed by atoms with van der Waals surface area (Å²) in [4.78, 5) is 13.0. The SMILES string of the molecule is O=C(CC12CC(c3cnn(-c4ccc(Cl)cc4)c3)(C1)C2)[C@H]1C[C@@H](O)c2cc(Cl)ccc2O1. The third kappa shape index (κ3) is 3.18. The number of hydrogen-bond acceptors (Lipinski definition) is 4. The van der Waals surface area contributed by atoms with Crippen LogP contribution in [0.4, 0.5) is 0 Å². The third-order valence-corrected chi connectivity index (χ3v) is 7.86. The number of nitrogens with zero attached hydrogens (tertiary/aromatic N) is 2. The van der Waals surface area contributed by atoms with Crippen molar-refractivity contribution in [1.82, 2.24) is 9.78 Å². The Morgan fingerprint density at radius 2 is 1.84 bits per heavy atom. The van der Waals surface area contributed by atoms with E-state index in [0.29, 0.717) is 27.8 Å². The van der Waals surface area contributed by atoms with Crippen molar-refractivity contribution >= 4 is 29.0 Å². The molecule has 0 saturated heterocycles. The summed E-state index contributed by atoms with van der Waals surface area (Å²) in [6, 6.07) is 12.8. The van der Waals surface area contributed by atoms with Gasteiger partial charge in [-0.15, -0.1) is 0 Å². The minimum atomic E-state index is -0.732. The highest BCUT2D eigenvalue weighted by atomic mass is 35.5. The number of aromatic nitrogens is 2. The van der Waals surface area contributed by atoms with Crippen molar-refractivity contribution in [3.05, 3.63) is 76.0 Å². The number of ether oxygens (including phenoxy) is 1. The molecule has 1 aliphatic heterocycles. The smallest absolute Gasteiger partial charge is 0.173 e. The lowest BCUT2D eigenvalue weighted by atomic mass is 9.32. The zero-order valence-electron chi connectivity index (χ0n) is 17.3. The molecule has 3 aromatic rings. The second-order valence-corrected chi connectivity index (χ2v) is 10.5. The van der Waals surface area contributed by atoms with Gasteiger partial charge in [0.2, 0.25) is 0 Å². The van der Waals surface area contributed by atoms with Gasteiger partial charge in [-0.05, 0) is 72.7 Å². The van der Waals surface area contributed by atoms with Gasteiger partial charge in [0.15, 0.2) is 11.9 Å². The van der Waals surface area contributed by atoms with Crippen LogP contribution in [0.1, 0.15) is 49.3 Å². The van der Waals surface area contributed by atoms with Crippen LogP contribution in [0.15, 0.2) is 54.9 Å². The lowest BCUT2D eigenvalue weighted by molar-refractivity contribution is -0.163. The maximum atomic E-state index is 13.0. The Kier molecular flexibility index (Phi) is 4.49. The molecule has 4 aliphatic rings. The number of carbonyl (C=O) groups excluding carboxylic acids is 1. The molecule has 2 heterocycles. The highest BCUT2D eigenvalue weighted by Crippen LogP contribution is 2.75. The Hall–Kier alpha value is -2.34. The summed E-state index contributed by atoms with van der Waals surface area (Å²) < 4.78 is 7.81. The molecule has 2 aromatic carbocycles. The summed E-state index contributed by atoms with van der Waals surface area (Å²) in [5.41, 5.74) is 3.07. The van der Waals surface area contributed by atoms with E-state index in [1.807, 2.05) is 35.1 Å². The van der Waals surface area contributed by atoms with E-state index in [1.54, 1.807) is 18.2 Å². The maximum Gasteiger partial charge on any atom is 0.173 e. The first-order valence-corrected chi connectivity index (χ1v) is 11.6. The summed E-state index contributed by atoms with van der Waals surface area (Å²) in [6.45, 7) is 0. The molecule has 0 spiro atoms. The van der Waals surface area contributed by atoms with Crippen LogP contribution in [0.3, 0.4) is 0 Å². The molecular weight excluding hydrogens is 447 g/mol. The highest BCUT2D eigenvalue weighted by Gasteiger charge is 2.69. The first-order chi connectivity index (χ1) is 15.3. The second-order valence-electron chi connectivity index (χ2n) is 9.64. The van der Waals surface area contributed by atoms with Crippen molar-refractivity contribution in [3.63, 3.8) is 0 Å². The predicted octanol–water partition coefficient (Wildman–Crippen LogP) is 5.44. The van der Waals surface area contributed by atoms with Crippen molar-refractivity contribution in [2.75, 3.05) is 0 Å². The topological polar surface area (TPSA) is 64.4 Å². The van der Waals surface area contributed by atoms with Crippen molar-refractivity contribution < 1.29 is 14.6 Å². The van der Waals surface area contributed by atoms with Gasteiger partial charge in [-0.3, -0.25) is 4.79 Å². The van der Waals surface area contributed by atoms with Gasteiger partial charge < -0.3 is 9.84 Å². The number of aliphatic hydroxyl groups is 1. The molecule has 7 rings (SSSR count). The molecule has 32 heavy (non-hydrogen) atoms. The first kappa shape index (κ1) is 20.3. The number of ketones is 1. The van der Waals surface area contributed by atoms with Crippen molar-refractivity contribution in [3.8, 4) is 11.4 Å². The lowest BCUT2D eigenvalue weighted by Crippen LogP contribution is -2.65. The number of aliphatic hydroxyl groups excluding tert-OH is 1. The normalized spacial score (nSPS) is 30.0. The number of Topliss-reactive ketones (excluding diaryl/α,β-unsaturated/α-hetero) is 1. The zero-order valence-corrected chi connectivity index (χ0v) is 18.8. The largest absolute Gasteiger partial charge is 0.482 e.